The van der Waals surface area contributed by atoms with E-state index < -0.39 is 29.5 Å². The molecule has 3 heterocycles. The van der Waals surface area contributed by atoms with E-state index in [9.17, 15) is 25.3 Å². The molecule has 0 spiro atoms. The largest absolute Gasteiger partial charge is 0.361 e. The Hall–Kier alpha value is -1.08. The van der Waals surface area contributed by atoms with Crippen molar-refractivity contribution in [2.24, 2.45) is 0 Å². The van der Waals surface area contributed by atoms with Crippen LogP contribution in [-0.4, -0.2) is 124 Å². The van der Waals surface area contributed by atoms with E-state index in [2.05, 4.69) is 26.6 Å². The number of hydrogen-bond donors (Lipinski definition) is 5. The molecule has 0 aromatic carbocycles. The van der Waals surface area contributed by atoms with Crippen LogP contribution < -0.4 is 26.6 Å². The van der Waals surface area contributed by atoms with Crippen LogP contribution in [0.4, 0.5) is 0 Å². The number of rotatable bonds is 9. The zero-order chi connectivity index (χ0) is 27.3. The van der Waals surface area contributed by atoms with Gasteiger partial charge in [0, 0.05) is 44.3 Å². The minimum atomic E-state index is -3.06. The molecule has 3 fully saturated rings. The Kier molecular flexibility index (Phi) is 10.6. The SMILES string of the molecule is O=S1(=O)CCC(NC(=S)NCCN(CCNC(=S)NC2CCS(=O)(=O)C2)C(=S)NC2CCS(=O)(=O)C2)C1. The van der Waals surface area contributed by atoms with Crippen molar-refractivity contribution in [2.75, 3.05) is 60.7 Å². The minimum absolute atomic E-state index is 0.0358. The minimum Gasteiger partial charge on any atom is -0.361 e. The summed E-state index contributed by atoms with van der Waals surface area (Å²) in [5.74, 6) is 0.589. The van der Waals surface area contributed by atoms with Crippen molar-refractivity contribution in [3.8, 4) is 0 Å². The highest BCUT2D eigenvalue weighted by Gasteiger charge is 2.30. The lowest BCUT2D eigenvalue weighted by Gasteiger charge is -2.28. The number of nitrogens with one attached hydrogen (secondary N) is 5. The maximum atomic E-state index is 11.8. The van der Waals surface area contributed by atoms with Crippen molar-refractivity contribution in [1.29, 1.82) is 0 Å². The predicted octanol–water partition coefficient (Wildman–Crippen LogP) is -2.35. The van der Waals surface area contributed by atoms with Gasteiger partial charge in [0.15, 0.2) is 44.8 Å². The smallest absolute Gasteiger partial charge is 0.169 e. The number of nitrogens with zero attached hydrogens (tertiary/aromatic N) is 1. The maximum Gasteiger partial charge on any atom is 0.169 e. The first-order valence-electron chi connectivity index (χ1n) is 12.0. The van der Waals surface area contributed by atoms with Crippen molar-refractivity contribution < 1.29 is 25.3 Å². The van der Waals surface area contributed by atoms with Gasteiger partial charge < -0.3 is 31.5 Å². The lowest BCUT2D eigenvalue weighted by Crippen LogP contribution is -2.51. The molecule has 18 heteroatoms. The van der Waals surface area contributed by atoms with E-state index in [1.807, 2.05) is 4.90 Å². The molecule has 37 heavy (non-hydrogen) atoms. The van der Waals surface area contributed by atoms with Gasteiger partial charge in [-0.25, -0.2) is 25.3 Å². The standard InChI is InChI=1S/C19H34N6O6S6/c26-35(27)8-1-14(11-35)22-17(32)20-4-6-25(19(34)24-16-3-10-37(30,31)13-16)7-5-21-18(33)23-15-2-9-36(28,29)12-15/h14-16H,1-13H2,(H,24,34)(H2,20,22,32)(H2,21,23,33). The summed E-state index contributed by atoms with van der Waals surface area (Å²) in [5.41, 5.74) is 0. The number of hydrogen-bond acceptors (Lipinski definition) is 9. The second kappa shape index (κ2) is 12.8. The van der Waals surface area contributed by atoms with Crippen LogP contribution in [0.15, 0.2) is 0 Å². The molecular weight excluding hydrogens is 601 g/mol. The van der Waals surface area contributed by atoms with Crippen LogP contribution in [0.5, 0.6) is 0 Å². The fraction of sp³-hybridized carbons (Fsp3) is 0.842. The summed E-state index contributed by atoms with van der Waals surface area (Å²) in [5, 5.41) is 16.5. The molecule has 3 aliphatic heterocycles. The van der Waals surface area contributed by atoms with Crippen LogP contribution in [0.3, 0.4) is 0 Å². The van der Waals surface area contributed by atoms with Gasteiger partial charge in [-0.1, -0.05) is 0 Å². The second-order valence-corrected chi connectivity index (χ2v) is 17.4. The van der Waals surface area contributed by atoms with Crippen LogP contribution in [0, 0.1) is 0 Å². The fourth-order valence-electron chi connectivity index (χ4n) is 4.39. The van der Waals surface area contributed by atoms with Crippen LogP contribution in [0.1, 0.15) is 19.3 Å². The Labute approximate surface area is 235 Å². The molecule has 3 saturated heterocycles. The van der Waals surface area contributed by atoms with Crippen LogP contribution in [0.2, 0.25) is 0 Å². The Morgan fingerprint density at radius 1 is 0.622 bits per heavy atom. The normalized spacial score (nSPS) is 27.2. The first kappa shape index (κ1) is 30.5. The summed E-state index contributed by atoms with van der Waals surface area (Å²) in [6.45, 7) is 1.72. The molecule has 0 aliphatic carbocycles. The van der Waals surface area contributed by atoms with Gasteiger partial charge in [-0.2, -0.15) is 0 Å². The summed E-state index contributed by atoms with van der Waals surface area (Å²) >= 11 is 16.2. The zero-order valence-electron chi connectivity index (χ0n) is 20.3. The van der Waals surface area contributed by atoms with E-state index in [4.69, 9.17) is 36.7 Å². The van der Waals surface area contributed by atoms with Gasteiger partial charge in [0.25, 0.3) is 0 Å². The first-order valence-corrected chi connectivity index (χ1v) is 18.7. The third kappa shape index (κ3) is 10.5. The van der Waals surface area contributed by atoms with Crippen molar-refractivity contribution in [2.45, 2.75) is 37.4 Å². The van der Waals surface area contributed by atoms with Gasteiger partial charge in [0.1, 0.15) is 0 Å². The van der Waals surface area contributed by atoms with E-state index in [0.717, 1.165) is 0 Å². The fourth-order valence-corrected chi connectivity index (χ4v) is 10.3. The number of sulfone groups is 3. The first-order chi connectivity index (χ1) is 17.2. The van der Waals surface area contributed by atoms with E-state index in [0.29, 0.717) is 60.8 Å². The molecule has 0 bridgehead atoms. The Morgan fingerprint density at radius 3 is 1.30 bits per heavy atom. The van der Waals surface area contributed by atoms with Gasteiger partial charge in [0.2, 0.25) is 0 Å². The molecule has 3 atom stereocenters. The highest BCUT2D eigenvalue weighted by molar-refractivity contribution is 7.92. The molecule has 0 radical (unpaired) electrons. The van der Waals surface area contributed by atoms with E-state index in [1.54, 1.807) is 0 Å². The lowest BCUT2D eigenvalue weighted by atomic mass is 10.3. The molecule has 3 unspecified atom stereocenters. The van der Waals surface area contributed by atoms with E-state index >= 15 is 0 Å². The Balaban J connectivity index is 1.46. The Morgan fingerprint density at radius 2 is 0.973 bits per heavy atom. The quantitative estimate of drug-likeness (QED) is 0.171. The lowest BCUT2D eigenvalue weighted by molar-refractivity contribution is 0.410. The average Bonchev–Trinajstić information content (AvgIpc) is 3.41. The predicted molar refractivity (Wildman–Crippen MR) is 156 cm³/mol. The van der Waals surface area contributed by atoms with Crippen molar-refractivity contribution in [1.82, 2.24) is 31.5 Å². The molecule has 0 aromatic heterocycles. The molecule has 3 rings (SSSR count). The second-order valence-electron chi connectivity index (χ2n) is 9.54. The van der Waals surface area contributed by atoms with Crippen molar-refractivity contribution in [3.05, 3.63) is 0 Å². The molecule has 0 amide bonds. The molecule has 0 saturated carbocycles. The maximum absolute atomic E-state index is 11.8. The highest BCUT2D eigenvalue weighted by Crippen LogP contribution is 2.13. The van der Waals surface area contributed by atoms with Gasteiger partial charge in [-0.3, -0.25) is 0 Å². The van der Waals surface area contributed by atoms with Crippen LogP contribution in [-0.2, 0) is 29.5 Å². The molecule has 0 aromatic rings. The monoisotopic (exact) mass is 634 g/mol. The summed E-state index contributed by atoms with van der Waals surface area (Å²) in [6, 6.07) is -0.665. The Bertz CT molecular complexity index is 1130. The van der Waals surface area contributed by atoms with Crippen LogP contribution in [0.25, 0.3) is 0 Å². The van der Waals surface area contributed by atoms with Gasteiger partial charge >= 0.3 is 0 Å². The van der Waals surface area contributed by atoms with Crippen molar-refractivity contribution >= 4 is 81.5 Å². The molecule has 212 valence electrons. The topological polar surface area (TPSA) is 166 Å². The summed E-state index contributed by atoms with van der Waals surface area (Å²) in [4.78, 5) is 1.87. The molecule has 12 nitrogen and oxygen atoms in total. The molecule has 5 N–H and O–H groups in total. The van der Waals surface area contributed by atoms with Crippen LogP contribution >= 0.6 is 36.7 Å². The van der Waals surface area contributed by atoms with E-state index in [-0.39, 0.29) is 52.6 Å². The third-order valence-electron chi connectivity index (χ3n) is 6.32. The molecule has 3 aliphatic rings. The average molecular weight is 635 g/mol. The summed E-state index contributed by atoms with van der Waals surface area (Å²) in [6.07, 6.45) is 1.52. The van der Waals surface area contributed by atoms with Gasteiger partial charge in [-0.15, -0.1) is 0 Å². The summed E-state index contributed by atoms with van der Waals surface area (Å²) in [7, 11) is -9.10. The summed E-state index contributed by atoms with van der Waals surface area (Å²) < 4.78 is 70.2. The van der Waals surface area contributed by atoms with E-state index in [1.165, 1.54) is 0 Å². The zero-order valence-corrected chi connectivity index (χ0v) is 25.2. The third-order valence-corrected chi connectivity index (χ3v) is 12.5. The molecular formula is C19H34N6O6S6. The van der Waals surface area contributed by atoms with Crippen molar-refractivity contribution in [3.63, 3.8) is 0 Å². The number of thiocarbonyl (C=S) groups is 3. The van der Waals surface area contributed by atoms with Gasteiger partial charge in [-0.05, 0) is 55.9 Å². The highest BCUT2D eigenvalue weighted by atomic mass is 32.2. The van der Waals surface area contributed by atoms with Gasteiger partial charge in [0.05, 0.1) is 34.5 Å².